The fraction of sp³-hybridized carbons (Fsp3) is 0.444. The van der Waals surface area contributed by atoms with Gasteiger partial charge in [-0.1, -0.05) is 29.8 Å². The Morgan fingerprint density at radius 2 is 2.08 bits per heavy atom. The van der Waals surface area contributed by atoms with E-state index in [0.29, 0.717) is 0 Å². The first-order valence-electron chi connectivity index (χ1n) is 8.17. The number of benzene rings is 1. The van der Waals surface area contributed by atoms with Crippen LogP contribution in [0.3, 0.4) is 0 Å². The summed E-state index contributed by atoms with van der Waals surface area (Å²) in [7, 11) is 3.81. The number of rotatable bonds is 6. The number of aliphatic imine (C=N–C) groups is 1. The molecule has 0 saturated heterocycles. The molecule has 0 amide bonds. The summed E-state index contributed by atoms with van der Waals surface area (Å²) in [5.41, 5.74) is 3.36. The van der Waals surface area contributed by atoms with Gasteiger partial charge >= 0.3 is 0 Å². The molecule has 1 aromatic heterocycles. The second-order valence-electron chi connectivity index (χ2n) is 5.93. The largest absolute Gasteiger partial charge is 0.356 e. The van der Waals surface area contributed by atoms with Gasteiger partial charge in [-0.2, -0.15) is 5.10 Å². The molecule has 0 aliphatic heterocycles. The van der Waals surface area contributed by atoms with Crippen molar-refractivity contribution in [2.24, 2.45) is 4.99 Å². The average molecular weight is 348 g/mol. The predicted molar refractivity (Wildman–Crippen MR) is 101 cm³/mol. The number of nitrogens with one attached hydrogen (secondary N) is 1. The van der Waals surface area contributed by atoms with E-state index < -0.39 is 0 Å². The Balaban J connectivity index is 1.81. The first-order valence-corrected chi connectivity index (χ1v) is 8.55. The van der Waals surface area contributed by atoms with Gasteiger partial charge in [0.25, 0.3) is 0 Å². The van der Waals surface area contributed by atoms with E-state index in [-0.39, 0.29) is 0 Å². The molecular formula is C18H26ClN5. The summed E-state index contributed by atoms with van der Waals surface area (Å²) in [6, 6.07) is 9.99. The van der Waals surface area contributed by atoms with Gasteiger partial charge in [0.1, 0.15) is 0 Å². The molecule has 6 heteroatoms. The normalized spacial score (nSPS) is 11.6. The van der Waals surface area contributed by atoms with Crippen LogP contribution in [0.2, 0.25) is 5.02 Å². The van der Waals surface area contributed by atoms with Crippen LogP contribution in [-0.4, -0.2) is 41.3 Å². The molecule has 0 fully saturated rings. The summed E-state index contributed by atoms with van der Waals surface area (Å²) in [5.74, 6) is 0.864. The highest BCUT2D eigenvalue weighted by Gasteiger charge is 2.08. The van der Waals surface area contributed by atoms with E-state index in [1.807, 2.05) is 42.9 Å². The Hall–Kier alpha value is -2.01. The van der Waals surface area contributed by atoms with Gasteiger partial charge in [-0.15, -0.1) is 0 Å². The maximum atomic E-state index is 6.23. The van der Waals surface area contributed by atoms with E-state index in [0.717, 1.165) is 48.3 Å². The molecule has 0 spiro atoms. The summed E-state index contributed by atoms with van der Waals surface area (Å²) < 4.78 is 2.05. The predicted octanol–water partition coefficient (Wildman–Crippen LogP) is 3.25. The van der Waals surface area contributed by atoms with Crippen LogP contribution >= 0.6 is 11.6 Å². The van der Waals surface area contributed by atoms with Crippen LogP contribution in [0.4, 0.5) is 0 Å². The van der Waals surface area contributed by atoms with Crippen LogP contribution < -0.4 is 5.32 Å². The molecule has 1 N–H and O–H groups in total. The number of hydrogen-bond acceptors (Lipinski definition) is 2. The molecular weight excluding hydrogens is 322 g/mol. The number of nitrogens with zero attached hydrogens (tertiary/aromatic N) is 4. The zero-order valence-corrected chi connectivity index (χ0v) is 15.6. The first kappa shape index (κ1) is 18.3. The van der Waals surface area contributed by atoms with Crippen molar-refractivity contribution in [1.29, 1.82) is 0 Å². The molecule has 2 rings (SSSR count). The summed E-state index contributed by atoms with van der Waals surface area (Å²) in [5, 5.41) is 8.66. The van der Waals surface area contributed by atoms with Crippen molar-refractivity contribution in [2.45, 2.75) is 33.4 Å². The minimum Gasteiger partial charge on any atom is -0.356 e. The van der Waals surface area contributed by atoms with Gasteiger partial charge in [-0.3, -0.25) is 9.67 Å². The smallest absolute Gasteiger partial charge is 0.193 e. The van der Waals surface area contributed by atoms with Crippen molar-refractivity contribution in [2.75, 3.05) is 20.6 Å². The van der Waals surface area contributed by atoms with E-state index >= 15 is 0 Å². The van der Waals surface area contributed by atoms with Crippen LogP contribution in [0.5, 0.6) is 0 Å². The van der Waals surface area contributed by atoms with Gasteiger partial charge in [0.2, 0.25) is 0 Å². The highest BCUT2D eigenvalue weighted by molar-refractivity contribution is 6.31. The van der Waals surface area contributed by atoms with Crippen LogP contribution in [0.1, 0.15) is 23.4 Å². The molecule has 1 aromatic carbocycles. The van der Waals surface area contributed by atoms with Crippen molar-refractivity contribution in [3.8, 4) is 0 Å². The van der Waals surface area contributed by atoms with E-state index in [2.05, 4.69) is 33.3 Å². The standard InChI is InChI=1S/C18H26ClN5/c1-14-12-15(2)24(22-14)11-7-10-21-18(20-3)23(4)13-16-8-5-6-9-17(16)19/h5-6,8-9,12H,7,10-11,13H2,1-4H3,(H,20,21). The molecule has 0 bridgehead atoms. The molecule has 130 valence electrons. The molecule has 24 heavy (non-hydrogen) atoms. The number of hydrogen-bond donors (Lipinski definition) is 1. The van der Waals surface area contributed by atoms with Gasteiger partial charge in [0.05, 0.1) is 5.69 Å². The maximum Gasteiger partial charge on any atom is 0.193 e. The SMILES string of the molecule is CN=C(NCCCn1nc(C)cc1C)N(C)Cc1ccccc1Cl. The molecule has 0 aliphatic carbocycles. The highest BCUT2D eigenvalue weighted by Crippen LogP contribution is 2.16. The van der Waals surface area contributed by atoms with Crippen molar-refractivity contribution in [3.05, 3.63) is 52.3 Å². The Labute approximate surface area is 149 Å². The van der Waals surface area contributed by atoms with Crippen molar-refractivity contribution in [1.82, 2.24) is 20.0 Å². The van der Waals surface area contributed by atoms with Crippen molar-refractivity contribution in [3.63, 3.8) is 0 Å². The lowest BCUT2D eigenvalue weighted by Gasteiger charge is -2.22. The fourth-order valence-electron chi connectivity index (χ4n) is 2.67. The number of aryl methyl sites for hydroxylation is 3. The minimum atomic E-state index is 0.719. The van der Waals surface area contributed by atoms with Crippen molar-refractivity contribution < 1.29 is 0 Å². The average Bonchev–Trinajstić information content (AvgIpc) is 2.87. The summed E-state index contributed by atoms with van der Waals surface area (Å²) in [4.78, 5) is 6.42. The summed E-state index contributed by atoms with van der Waals surface area (Å²) in [6.07, 6.45) is 0.987. The second kappa shape index (κ2) is 8.73. The molecule has 0 radical (unpaired) electrons. The van der Waals surface area contributed by atoms with Gasteiger partial charge in [-0.05, 0) is 38.0 Å². The van der Waals surface area contributed by atoms with E-state index in [1.54, 1.807) is 7.05 Å². The maximum absolute atomic E-state index is 6.23. The lowest BCUT2D eigenvalue weighted by Crippen LogP contribution is -2.39. The molecule has 0 saturated carbocycles. The first-order chi connectivity index (χ1) is 11.5. The molecule has 5 nitrogen and oxygen atoms in total. The Morgan fingerprint density at radius 3 is 2.71 bits per heavy atom. The van der Waals surface area contributed by atoms with Crippen molar-refractivity contribution >= 4 is 17.6 Å². The third-order valence-corrected chi connectivity index (χ3v) is 4.24. The third-order valence-electron chi connectivity index (χ3n) is 3.87. The Kier molecular flexibility index (Phi) is 6.67. The second-order valence-corrected chi connectivity index (χ2v) is 6.33. The number of halogens is 1. The zero-order chi connectivity index (χ0) is 17.5. The highest BCUT2D eigenvalue weighted by atomic mass is 35.5. The Bertz CT molecular complexity index is 692. The molecule has 2 aromatic rings. The fourth-order valence-corrected chi connectivity index (χ4v) is 2.87. The number of aromatic nitrogens is 2. The number of guanidine groups is 1. The lowest BCUT2D eigenvalue weighted by atomic mass is 10.2. The van der Waals surface area contributed by atoms with Gasteiger partial charge < -0.3 is 10.2 Å². The van der Waals surface area contributed by atoms with Crippen LogP contribution in [0.25, 0.3) is 0 Å². The van der Waals surface area contributed by atoms with Gasteiger partial charge in [-0.25, -0.2) is 0 Å². The molecule has 0 atom stereocenters. The minimum absolute atomic E-state index is 0.719. The summed E-state index contributed by atoms with van der Waals surface area (Å²) in [6.45, 7) is 6.57. The van der Waals surface area contributed by atoms with Crippen LogP contribution in [0, 0.1) is 13.8 Å². The van der Waals surface area contributed by atoms with Crippen LogP contribution in [0.15, 0.2) is 35.3 Å². The third kappa shape index (κ3) is 4.99. The summed E-state index contributed by atoms with van der Waals surface area (Å²) >= 11 is 6.23. The van der Waals surface area contributed by atoms with Gasteiger partial charge in [0.15, 0.2) is 5.96 Å². The zero-order valence-electron chi connectivity index (χ0n) is 14.9. The van der Waals surface area contributed by atoms with Crippen LogP contribution in [-0.2, 0) is 13.1 Å². The van der Waals surface area contributed by atoms with E-state index in [9.17, 15) is 0 Å². The monoisotopic (exact) mass is 347 g/mol. The van der Waals surface area contributed by atoms with E-state index in [1.165, 1.54) is 5.69 Å². The topological polar surface area (TPSA) is 45.5 Å². The Morgan fingerprint density at radius 1 is 1.33 bits per heavy atom. The van der Waals surface area contributed by atoms with E-state index in [4.69, 9.17) is 11.6 Å². The molecule has 1 heterocycles. The quantitative estimate of drug-likeness (QED) is 0.495. The molecule has 0 unspecified atom stereocenters. The van der Waals surface area contributed by atoms with Gasteiger partial charge in [0, 0.05) is 44.4 Å². The lowest BCUT2D eigenvalue weighted by molar-refractivity contribution is 0.470. The molecule has 0 aliphatic rings.